The predicted octanol–water partition coefficient (Wildman–Crippen LogP) is 2.14. The second-order valence-corrected chi connectivity index (χ2v) is 7.05. The molecule has 0 aliphatic rings. The van der Waals surface area contributed by atoms with Crippen LogP contribution in [-0.2, 0) is 28.7 Å². The summed E-state index contributed by atoms with van der Waals surface area (Å²) in [5, 5.41) is 7.96. The first-order chi connectivity index (χ1) is 15.8. The van der Waals surface area contributed by atoms with Crippen molar-refractivity contribution in [1.29, 1.82) is 0 Å². The van der Waals surface area contributed by atoms with Crippen LogP contribution in [0.5, 0.6) is 0 Å². The molecule has 0 radical (unpaired) electrons. The zero-order valence-electron chi connectivity index (χ0n) is 19.0. The van der Waals surface area contributed by atoms with E-state index in [2.05, 4.69) is 16.0 Å². The zero-order chi connectivity index (χ0) is 24.5. The lowest BCUT2D eigenvalue weighted by Crippen LogP contribution is -2.32. The maximum Gasteiger partial charge on any atom is 0.338 e. The Balaban J connectivity index is 2.40. The molecule has 3 amide bonds. The minimum absolute atomic E-state index is 0.0697. The Bertz CT molecular complexity index is 875. The van der Waals surface area contributed by atoms with Crippen LogP contribution in [0.2, 0.25) is 0 Å². The number of benzene rings is 1. The van der Waals surface area contributed by atoms with Gasteiger partial charge in [0.25, 0.3) is 0 Å². The SMILES string of the molecule is CCOC(=O)C(/C=C/c1ccc(NC(=O)CNC(=O)CCCCCNC(C)=O)cc1)=C/C=O. The topological polar surface area (TPSA) is 131 Å². The van der Waals surface area contributed by atoms with Crippen molar-refractivity contribution in [2.45, 2.75) is 39.5 Å². The quantitative estimate of drug-likeness (QED) is 0.129. The molecule has 0 bridgehead atoms. The molecule has 1 aromatic carbocycles. The number of aldehydes is 1. The van der Waals surface area contributed by atoms with E-state index in [4.69, 9.17) is 4.74 Å². The van der Waals surface area contributed by atoms with Gasteiger partial charge in [-0.25, -0.2) is 4.79 Å². The lowest BCUT2D eigenvalue weighted by atomic mass is 10.1. The fourth-order valence-electron chi connectivity index (χ4n) is 2.67. The summed E-state index contributed by atoms with van der Waals surface area (Å²) in [4.78, 5) is 57.1. The molecule has 0 saturated heterocycles. The van der Waals surface area contributed by atoms with Crippen LogP contribution in [0.25, 0.3) is 6.08 Å². The summed E-state index contributed by atoms with van der Waals surface area (Å²) in [5.74, 6) is -1.21. The number of allylic oxidation sites excluding steroid dienone is 1. The molecular formula is C24H31N3O6. The standard InChI is InChI=1S/C24H31N3O6/c1-3-33-24(32)20(14-16-28)11-8-19-9-12-21(13-10-19)27-23(31)17-26-22(30)7-5-4-6-15-25-18(2)29/h8-14,16H,3-7,15,17H2,1-2H3,(H,25,29)(H,26,30)(H,27,31)/b11-8+,20-14+. The third-order valence-electron chi connectivity index (χ3n) is 4.31. The Hall–Kier alpha value is -3.75. The largest absolute Gasteiger partial charge is 0.462 e. The zero-order valence-corrected chi connectivity index (χ0v) is 19.0. The summed E-state index contributed by atoms with van der Waals surface area (Å²) >= 11 is 0. The average Bonchev–Trinajstić information content (AvgIpc) is 2.78. The molecule has 0 atom stereocenters. The van der Waals surface area contributed by atoms with E-state index in [1.165, 1.54) is 13.0 Å². The molecule has 33 heavy (non-hydrogen) atoms. The number of esters is 1. The van der Waals surface area contributed by atoms with E-state index in [0.717, 1.165) is 24.5 Å². The van der Waals surface area contributed by atoms with Gasteiger partial charge in [0, 0.05) is 25.6 Å². The Kier molecular flexibility index (Phi) is 13.2. The van der Waals surface area contributed by atoms with Crippen LogP contribution in [0.3, 0.4) is 0 Å². The number of ether oxygens (including phenoxy) is 1. The molecular weight excluding hydrogens is 426 g/mol. The molecule has 0 fully saturated rings. The first kappa shape index (κ1) is 27.3. The highest BCUT2D eigenvalue weighted by Crippen LogP contribution is 2.12. The van der Waals surface area contributed by atoms with Crippen molar-refractivity contribution in [2.75, 3.05) is 25.0 Å². The van der Waals surface area contributed by atoms with E-state index in [1.807, 2.05) is 0 Å². The van der Waals surface area contributed by atoms with E-state index in [1.54, 1.807) is 37.3 Å². The van der Waals surface area contributed by atoms with Crippen LogP contribution in [0, 0.1) is 0 Å². The van der Waals surface area contributed by atoms with Crippen LogP contribution < -0.4 is 16.0 Å². The Labute approximate surface area is 193 Å². The number of anilines is 1. The van der Waals surface area contributed by atoms with Crippen LogP contribution in [0.1, 0.15) is 45.1 Å². The number of hydrogen-bond donors (Lipinski definition) is 3. The van der Waals surface area contributed by atoms with Crippen LogP contribution in [0.15, 0.2) is 42.0 Å². The molecule has 3 N–H and O–H groups in total. The average molecular weight is 458 g/mol. The Morgan fingerprint density at radius 3 is 2.33 bits per heavy atom. The van der Waals surface area contributed by atoms with Gasteiger partial charge < -0.3 is 20.7 Å². The van der Waals surface area contributed by atoms with Gasteiger partial charge in [0.15, 0.2) is 0 Å². The fourth-order valence-corrected chi connectivity index (χ4v) is 2.67. The molecule has 0 saturated carbocycles. The van der Waals surface area contributed by atoms with Gasteiger partial charge in [-0.3, -0.25) is 19.2 Å². The number of rotatable bonds is 14. The van der Waals surface area contributed by atoms with Gasteiger partial charge in [-0.2, -0.15) is 0 Å². The van der Waals surface area contributed by atoms with Gasteiger partial charge in [0.1, 0.15) is 6.29 Å². The van der Waals surface area contributed by atoms with Gasteiger partial charge in [0.2, 0.25) is 17.7 Å². The van der Waals surface area contributed by atoms with Gasteiger partial charge >= 0.3 is 5.97 Å². The maximum atomic E-state index is 12.0. The normalized spacial score (nSPS) is 11.0. The minimum atomic E-state index is -0.586. The summed E-state index contributed by atoms with van der Waals surface area (Å²) in [6.45, 7) is 3.80. The number of nitrogens with one attached hydrogen (secondary N) is 3. The molecule has 0 aromatic heterocycles. The summed E-state index contributed by atoms with van der Waals surface area (Å²) in [6.07, 6.45) is 7.39. The first-order valence-corrected chi connectivity index (χ1v) is 10.8. The highest BCUT2D eigenvalue weighted by Gasteiger charge is 2.07. The third-order valence-corrected chi connectivity index (χ3v) is 4.31. The molecule has 1 rings (SSSR count). The summed E-state index contributed by atoms with van der Waals surface area (Å²) in [6, 6.07) is 6.83. The molecule has 0 spiro atoms. The van der Waals surface area contributed by atoms with Crippen molar-refractivity contribution in [3.8, 4) is 0 Å². The van der Waals surface area contributed by atoms with Crippen LogP contribution in [-0.4, -0.2) is 49.7 Å². The number of carbonyl (C=O) groups is 5. The van der Waals surface area contributed by atoms with Crippen molar-refractivity contribution in [3.05, 3.63) is 47.6 Å². The molecule has 9 nitrogen and oxygen atoms in total. The highest BCUT2D eigenvalue weighted by molar-refractivity contribution is 5.97. The number of unbranched alkanes of at least 4 members (excludes halogenated alkanes) is 2. The lowest BCUT2D eigenvalue weighted by molar-refractivity contribution is -0.138. The second kappa shape index (κ2) is 16.0. The number of hydrogen-bond acceptors (Lipinski definition) is 6. The van der Waals surface area contributed by atoms with Gasteiger partial charge in [-0.1, -0.05) is 24.6 Å². The monoisotopic (exact) mass is 457 g/mol. The summed E-state index contributed by atoms with van der Waals surface area (Å²) in [7, 11) is 0. The van der Waals surface area contributed by atoms with Crippen LogP contribution >= 0.6 is 0 Å². The van der Waals surface area contributed by atoms with Crippen molar-refractivity contribution in [3.63, 3.8) is 0 Å². The van der Waals surface area contributed by atoms with Gasteiger partial charge in [-0.05, 0) is 49.6 Å². The number of amides is 3. The first-order valence-electron chi connectivity index (χ1n) is 10.8. The van der Waals surface area contributed by atoms with Crippen molar-refractivity contribution in [1.82, 2.24) is 10.6 Å². The molecule has 0 unspecified atom stereocenters. The molecule has 0 heterocycles. The van der Waals surface area contributed by atoms with Gasteiger partial charge in [0.05, 0.1) is 18.7 Å². The molecule has 178 valence electrons. The molecule has 0 aliphatic heterocycles. The van der Waals surface area contributed by atoms with Gasteiger partial charge in [-0.15, -0.1) is 0 Å². The Morgan fingerprint density at radius 2 is 1.70 bits per heavy atom. The van der Waals surface area contributed by atoms with E-state index >= 15 is 0 Å². The maximum absolute atomic E-state index is 12.0. The van der Waals surface area contributed by atoms with E-state index in [0.29, 0.717) is 31.4 Å². The summed E-state index contributed by atoms with van der Waals surface area (Å²) in [5.41, 5.74) is 1.44. The lowest BCUT2D eigenvalue weighted by Gasteiger charge is -2.08. The van der Waals surface area contributed by atoms with Crippen LogP contribution in [0.4, 0.5) is 5.69 Å². The molecule has 1 aromatic rings. The molecule has 0 aliphatic carbocycles. The van der Waals surface area contributed by atoms with E-state index in [9.17, 15) is 24.0 Å². The third kappa shape index (κ3) is 12.6. The van der Waals surface area contributed by atoms with E-state index < -0.39 is 5.97 Å². The smallest absolute Gasteiger partial charge is 0.338 e. The predicted molar refractivity (Wildman–Crippen MR) is 125 cm³/mol. The van der Waals surface area contributed by atoms with Crippen molar-refractivity contribution in [2.24, 2.45) is 0 Å². The Morgan fingerprint density at radius 1 is 0.970 bits per heavy atom. The molecule has 9 heteroatoms. The highest BCUT2D eigenvalue weighted by atomic mass is 16.5. The van der Waals surface area contributed by atoms with Crippen molar-refractivity contribution >= 4 is 41.7 Å². The second-order valence-electron chi connectivity index (χ2n) is 7.05. The van der Waals surface area contributed by atoms with Crippen molar-refractivity contribution < 1.29 is 28.7 Å². The number of carbonyl (C=O) groups excluding carboxylic acids is 5. The fraction of sp³-hybridized carbons (Fsp3) is 0.375. The van der Waals surface area contributed by atoms with E-state index in [-0.39, 0.29) is 36.4 Å². The minimum Gasteiger partial charge on any atom is -0.462 e. The summed E-state index contributed by atoms with van der Waals surface area (Å²) < 4.78 is 4.88.